The molecule has 1 saturated heterocycles. The smallest absolute Gasteiger partial charge is 0.328 e. The molecule has 0 aliphatic carbocycles. The van der Waals surface area contributed by atoms with Gasteiger partial charge in [-0.05, 0) is 38.4 Å². The van der Waals surface area contributed by atoms with Crippen LogP contribution in [0.15, 0.2) is 73.1 Å². The highest BCUT2D eigenvalue weighted by molar-refractivity contribution is 6.31. The number of anilines is 3. The first kappa shape index (κ1) is 40.3. The molecule has 1 amide bonds. The number of amides is 1. The van der Waals surface area contributed by atoms with Crippen LogP contribution in [0.2, 0.25) is 5.02 Å². The molecule has 4 rings (SSSR count). The molecule has 1 fully saturated rings. The van der Waals surface area contributed by atoms with Crippen LogP contribution in [0.5, 0.6) is 5.75 Å². The molecule has 1 aromatic heterocycles. The lowest BCUT2D eigenvalue weighted by Gasteiger charge is -2.17. The molecule has 50 heavy (non-hydrogen) atoms. The average Bonchev–Trinajstić information content (AvgIpc) is 3.55. The van der Waals surface area contributed by atoms with Gasteiger partial charge in [-0.25, -0.2) is 33.5 Å². The number of carboxylic acid groups (broad SMARTS) is 4. The summed E-state index contributed by atoms with van der Waals surface area (Å²) in [5.41, 5.74) is 1.65. The van der Waals surface area contributed by atoms with Gasteiger partial charge in [0.2, 0.25) is 5.91 Å². The first-order valence-electron chi connectivity index (χ1n) is 14.3. The number of hydrogen-bond donors (Lipinski definition) is 6. The Morgan fingerprint density at radius 3 is 2.10 bits per heavy atom. The molecule has 266 valence electrons. The van der Waals surface area contributed by atoms with Gasteiger partial charge in [-0.2, -0.15) is 0 Å². The number of nitrogens with zero attached hydrogens (tertiary/aromatic N) is 3. The number of benzene rings is 2. The molecule has 0 unspecified atom stereocenters. The Kier molecular flexibility index (Phi) is 16.5. The second-order valence-electron chi connectivity index (χ2n) is 10.1. The fourth-order valence-electron chi connectivity index (χ4n) is 3.70. The zero-order chi connectivity index (χ0) is 37.2. The van der Waals surface area contributed by atoms with Gasteiger partial charge in [-0.1, -0.05) is 17.7 Å². The molecule has 2 heterocycles. The molecule has 6 N–H and O–H groups in total. The first-order valence-corrected chi connectivity index (χ1v) is 14.7. The van der Waals surface area contributed by atoms with E-state index < -0.39 is 29.7 Å². The quantitative estimate of drug-likeness (QED) is 0.146. The summed E-state index contributed by atoms with van der Waals surface area (Å²) >= 11 is 5.91. The summed E-state index contributed by atoms with van der Waals surface area (Å²) < 4.78 is 25.1. The van der Waals surface area contributed by atoms with E-state index in [9.17, 15) is 28.4 Å². The number of fused-ring (bicyclic) bond motifs is 1. The van der Waals surface area contributed by atoms with E-state index in [4.69, 9.17) is 41.5 Å². The summed E-state index contributed by atoms with van der Waals surface area (Å²) in [5.74, 6) is -4.86. The average molecular weight is 718 g/mol. The third kappa shape index (κ3) is 15.3. The lowest BCUT2D eigenvalue weighted by atomic mass is 10.1. The van der Waals surface area contributed by atoms with Crippen LogP contribution in [0.4, 0.5) is 21.6 Å². The summed E-state index contributed by atoms with van der Waals surface area (Å²) in [5, 5.41) is 37.9. The van der Waals surface area contributed by atoms with Crippen molar-refractivity contribution in [1.82, 2.24) is 14.9 Å². The van der Waals surface area contributed by atoms with E-state index in [2.05, 4.69) is 20.6 Å². The fraction of sp³-hybridized carbons (Fsp3) is 0.219. The number of rotatable bonds is 12. The molecule has 1 aliphatic heterocycles. The summed E-state index contributed by atoms with van der Waals surface area (Å²) in [6.07, 6.45) is 7.55. The Hall–Kier alpha value is -5.91. The summed E-state index contributed by atoms with van der Waals surface area (Å²) in [4.78, 5) is 61.4. The molecule has 3 aromatic rings. The third-order valence-electron chi connectivity index (χ3n) is 5.84. The molecule has 0 saturated carbocycles. The van der Waals surface area contributed by atoms with Crippen LogP contribution in [0.3, 0.4) is 0 Å². The van der Waals surface area contributed by atoms with Crippen LogP contribution in [0.25, 0.3) is 10.9 Å². The van der Waals surface area contributed by atoms with Crippen LogP contribution in [-0.4, -0.2) is 105 Å². The lowest BCUT2D eigenvalue weighted by molar-refractivity contribution is -0.134. The van der Waals surface area contributed by atoms with Crippen LogP contribution in [0, 0.1) is 5.82 Å². The van der Waals surface area contributed by atoms with Gasteiger partial charge >= 0.3 is 23.9 Å². The standard InChI is InChI=1S/C24H25ClFN5O3.2C4H4O4/c1-31(2)8-3-4-23(32)30-21-11-17-20(12-22(21)34-16-7-9-33-13-16)27-14-28-24(17)29-15-5-6-19(26)18(25)10-15;2*5-3(6)1-2-4(7)8/h3-6,10-12,14,16H,7-9,13H2,1-2H3,(H,30,32)(H,27,28,29);2*1-2H,(H,5,6)(H,7,8)/t16-;;/m0../s1. The Labute approximate surface area is 289 Å². The van der Waals surface area contributed by atoms with E-state index in [1.54, 1.807) is 24.3 Å². The maximum absolute atomic E-state index is 13.6. The molecular formula is C32H33ClFN5O11. The first-order chi connectivity index (χ1) is 23.6. The number of carboxylic acids is 4. The van der Waals surface area contributed by atoms with Gasteiger partial charge in [0.1, 0.15) is 29.8 Å². The maximum Gasteiger partial charge on any atom is 0.328 e. The molecule has 0 bridgehead atoms. The molecule has 16 nitrogen and oxygen atoms in total. The van der Waals surface area contributed by atoms with Crippen molar-refractivity contribution in [2.75, 3.05) is 44.5 Å². The van der Waals surface area contributed by atoms with Gasteiger partial charge in [0.15, 0.2) is 0 Å². The van der Waals surface area contributed by atoms with Crippen molar-refractivity contribution in [2.45, 2.75) is 12.5 Å². The topological polar surface area (TPSA) is 238 Å². The van der Waals surface area contributed by atoms with Crippen molar-refractivity contribution >= 4 is 69.5 Å². The SMILES string of the molecule is CN(C)CC=CC(=O)Nc1cc2c(Nc3ccc(F)c(Cl)c3)ncnc2cc1O[C@H]1CCOC1.O=C(O)C=CC(=O)O.O=C(O)C=CC(=O)O. The van der Waals surface area contributed by atoms with Crippen molar-refractivity contribution in [3.05, 3.63) is 84.0 Å². The van der Waals surface area contributed by atoms with Gasteiger partial charge in [0.05, 0.1) is 29.4 Å². The fourth-order valence-corrected chi connectivity index (χ4v) is 3.89. The van der Waals surface area contributed by atoms with Crippen molar-refractivity contribution in [2.24, 2.45) is 0 Å². The molecule has 18 heteroatoms. The van der Waals surface area contributed by atoms with Gasteiger partial charge in [0, 0.05) is 60.5 Å². The molecule has 1 atom stereocenters. The number of hydrogen-bond acceptors (Lipinski definition) is 11. The number of aromatic nitrogens is 2. The Bertz CT molecular complexity index is 1710. The Morgan fingerprint density at radius 2 is 1.58 bits per heavy atom. The normalized spacial score (nSPS) is 13.8. The van der Waals surface area contributed by atoms with E-state index in [1.165, 1.54) is 24.5 Å². The molecule has 2 aromatic carbocycles. The van der Waals surface area contributed by atoms with Crippen LogP contribution >= 0.6 is 11.6 Å². The summed E-state index contributed by atoms with van der Waals surface area (Å²) in [7, 11) is 3.84. The van der Waals surface area contributed by atoms with Gasteiger partial charge < -0.3 is 45.4 Å². The molecular weight excluding hydrogens is 685 g/mol. The molecule has 0 spiro atoms. The minimum absolute atomic E-state index is 0.00436. The largest absolute Gasteiger partial charge is 0.486 e. The minimum Gasteiger partial charge on any atom is -0.486 e. The minimum atomic E-state index is -1.26. The lowest BCUT2D eigenvalue weighted by Crippen LogP contribution is -2.18. The predicted octanol–water partition coefficient (Wildman–Crippen LogP) is 3.81. The zero-order valence-electron chi connectivity index (χ0n) is 26.6. The van der Waals surface area contributed by atoms with E-state index in [-0.39, 0.29) is 17.0 Å². The molecule has 1 aliphatic rings. The van der Waals surface area contributed by atoms with Crippen LogP contribution in [0.1, 0.15) is 6.42 Å². The zero-order valence-corrected chi connectivity index (χ0v) is 27.3. The van der Waals surface area contributed by atoms with E-state index >= 15 is 0 Å². The Morgan fingerprint density at radius 1 is 0.960 bits per heavy atom. The van der Waals surface area contributed by atoms with Crippen molar-refractivity contribution in [3.63, 3.8) is 0 Å². The highest BCUT2D eigenvalue weighted by Gasteiger charge is 2.21. The number of aliphatic carboxylic acids is 4. The van der Waals surface area contributed by atoms with Crippen molar-refractivity contribution in [3.8, 4) is 5.75 Å². The number of carbonyl (C=O) groups excluding carboxylic acids is 1. The second-order valence-corrected chi connectivity index (χ2v) is 10.5. The van der Waals surface area contributed by atoms with Gasteiger partial charge in [-0.3, -0.25) is 4.79 Å². The number of ether oxygens (including phenoxy) is 2. The summed E-state index contributed by atoms with van der Waals surface area (Å²) in [6, 6.07) is 7.82. The number of halogens is 2. The van der Waals surface area contributed by atoms with Crippen LogP contribution < -0.4 is 15.4 Å². The van der Waals surface area contributed by atoms with E-state index in [0.717, 1.165) is 6.42 Å². The molecule has 0 radical (unpaired) electrons. The van der Waals surface area contributed by atoms with Crippen molar-refractivity contribution < 1.29 is 58.3 Å². The highest BCUT2D eigenvalue weighted by atomic mass is 35.5. The number of carbonyl (C=O) groups is 5. The summed E-state index contributed by atoms with van der Waals surface area (Å²) in [6.45, 7) is 1.75. The monoisotopic (exact) mass is 717 g/mol. The maximum atomic E-state index is 13.6. The predicted molar refractivity (Wildman–Crippen MR) is 179 cm³/mol. The Balaban J connectivity index is 0.000000450. The third-order valence-corrected chi connectivity index (χ3v) is 6.12. The second kappa shape index (κ2) is 20.5. The van der Waals surface area contributed by atoms with E-state index in [1.807, 2.05) is 19.0 Å². The van der Waals surface area contributed by atoms with Crippen LogP contribution in [-0.2, 0) is 28.7 Å². The van der Waals surface area contributed by atoms with Gasteiger partial charge in [0.25, 0.3) is 0 Å². The number of likely N-dealkylation sites (N-methyl/N-ethyl adjacent to an activating group) is 1. The number of nitrogens with one attached hydrogen (secondary N) is 2. The van der Waals surface area contributed by atoms with Crippen molar-refractivity contribution in [1.29, 1.82) is 0 Å². The highest BCUT2D eigenvalue weighted by Crippen LogP contribution is 2.35. The van der Waals surface area contributed by atoms with Gasteiger partial charge in [-0.15, -0.1) is 0 Å². The van der Waals surface area contributed by atoms with E-state index in [0.29, 0.717) is 77.9 Å².